The summed E-state index contributed by atoms with van der Waals surface area (Å²) in [6.07, 6.45) is 8.58. The zero-order valence-corrected chi connectivity index (χ0v) is 20.6. The molecule has 0 atom stereocenters. The van der Waals surface area contributed by atoms with Crippen molar-refractivity contribution >= 4 is 24.7 Å². The average Bonchev–Trinajstić information content (AvgIpc) is 3.11. The summed E-state index contributed by atoms with van der Waals surface area (Å²) < 4.78 is 28.4. The van der Waals surface area contributed by atoms with E-state index in [1.807, 2.05) is 12.3 Å². The van der Waals surface area contributed by atoms with Crippen LogP contribution in [0.25, 0.3) is 27.9 Å². The molecule has 0 radical (unpaired) electrons. The highest BCUT2D eigenvalue weighted by molar-refractivity contribution is 6.76. The molecule has 0 amide bonds. The minimum absolute atomic E-state index is 0.284. The largest absolute Gasteiger partial charge is 0.496 e. The van der Waals surface area contributed by atoms with Gasteiger partial charge in [0, 0.05) is 37.4 Å². The molecule has 0 fully saturated rings. The highest BCUT2D eigenvalue weighted by Crippen LogP contribution is 2.43. The molecular weight excluding hydrogens is 419 g/mol. The Hall–Kier alpha value is -2.44. The summed E-state index contributed by atoms with van der Waals surface area (Å²) in [6, 6.07) is 9.89. The number of nitrogens with zero attached hydrogens (tertiary/aromatic N) is 2. The molecule has 0 aliphatic heterocycles. The third kappa shape index (κ3) is 4.81. The Bertz CT molecular complexity index is 1130. The standard InChI is InChI=1S/C26H33FN2O2Si/c1-30-23-13-12-20(27)17-22(23)25-24(19-9-6-5-7-10-19)21-11-8-14-28-26(21)29(25)18-31-15-16-32(2,3)4/h8-9,11-14,17H,5-7,10,15-16,18H2,1-4H3. The Morgan fingerprint density at radius 1 is 1.16 bits per heavy atom. The number of methoxy groups -OCH3 is 1. The average molecular weight is 453 g/mol. The van der Waals surface area contributed by atoms with Gasteiger partial charge in [0.2, 0.25) is 0 Å². The first-order chi connectivity index (χ1) is 15.4. The Morgan fingerprint density at radius 3 is 2.72 bits per heavy atom. The van der Waals surface area contributed by atoms with Crippen LogP contribution in [0.15, 0.2) is 42.6 Å². The van der Waals surface area contributed by atoms with Crippen LogP contribution >= 0.6 is 0 Å². The van der Waals surface area contributed by atoms with Gasteiger partial charge in [0.05, 0.1) is 12.8 Å². The number of pyridine rings is 1. The van der Waals surface area contributed by atoms with Crippen LogP contribution in [0.3, 0.4) is 0 Å². The van der Waals surface area contributed by atoms with E-state index in [2.05, 4.69) is 36.4 Å². The van der Waals surface area contributed by atoms with Gasteiger partial charge in [-0.2, -0.15) is 0 Å². The van der Waals surface area contributed by atoms with E-state index in [-0.39, 0.29) is 5.82 Å². The predicted molar refractivity (Wildman–Crippen MR) is 132 cm³/mol. The van der Waals surface area contributed by atoms with Crippen molar-refractivity contribution in [3.63, 3.8) is 0 Å². The molecule has 32 heavy (non-hydrogen) atoms. The molecule has 0 saturated carbocycles. The van der Waals surface area contributed by atoms with Gasteiger partial charge in [0.25, 0.3) is 0 Å². The van der Waals surface area contributed by atoms with Crippen molar-refractivity contribution in [3.05, 3.63) is 54.0 Å². The van der Waals surface area contributed by atoms with Gasteiger partial charge >= 0.3 is 0 Å². The van der Waals surface area contributed by atoms with E-state index >= 15 is 0 Å². The molecule has 3 aromatic rings. The molecule has 0 bridgehead atoms. The van der Waals surface area contributed by atoms with Crippen LogP contribution in [0.4, 0.5) is 4.39 Å². The third-order valence-corrected chi connectivity index (χ3v) is 7.77. The van der Waals surface area contributed by atoms with Gasteiger partial charge in [-0.1, -0.05) is 25.7 Å². The van der Waals surface area contributed by atoms with E-state index in [1.165, 1.54) is 18.1 Å². The summed E-state index contributed by atoms with van der Waals surface area (Å²) in [5.74, 6) is 0.365. The fourth-order valence-corrected chi connectivity index (χ4v) is 5.13. The van der Waals surface area contributed by atoms with Gasteiger partial charge < -0.3 is 14.0 Å². The molecule has 1 aliphatic rings. The van der Waals surface area contributed by atoms with Gasteiger partial charge in [-0.25, -0.2) is 9.37 Å². The molecule has 0 spiro atoms. The lowest BCUT2D eigenvalue weighted by Gasteiger charge is -2.19. The molecule has 4 rings (SSSR count). The van der Waals surface area contributed by atoms with E-state index < -0.39 is 8.07 Å². The zero-order chi connectivity index (χ0) is 22.7. The smallest absolute Gasteiger partial charge is 0.142 e. The molecule has 2 heterocycles. The minimum atomic E-state index is -1.20. The van der Waals surface area contributed by atoms with Gasteiger partial charge in [0.15, 0.2) is 0 Å². The van der Waals surface area contributed by atoms with Crippen molar-refractivity contribution in [2.75, 3.05) is 13.7 Å². The predicted octanol–water partition coefficient (Wildman–Crippen LogP) is 7.12. The van der Waals surface area contributed by atoms with Gasteiger partial charge in [-0.15, -0.1) is 0 Å². The molecule has 0 unspecified atom stereocenters. The number of benzene rings is 1. The Kier molecular flexibility index (Phi) is 6.81. The van der Waals surface area contributed by atoms with Gasteiger partial charge in [-0.3, -0.25) is 0 Å². The van der Waals surface area contributed by atoms with Gasteiger partial charge in [-0.05, 0) is 67.6 Å². The number of rotatable bonds is 8. The van der Waals surface area contributed by atoms with E-state index in [1.54, 1.807) is 19.2 Å². The monoisotopic (exact) mass is 452 g/mol. The number of allylic oxidation sites excluding steroid dienone is 2. The van der Waals surface area contributed by atoms with Gasteiger partial charge in [0.1, 0.15) is 23.9 Å². The van der Waals surface area contributed by atoms with Crippen molar-refractivity contribution in [2.24, 2.45) is 0 Å². The van der Waals surface area contributed by atoms with E-state index in [0.29, 0.717) is 19.1 Å². The highest BCUT2D eigenvalue weighted by atomic mass is 28.3. The van der Waals surface area contributed by atoms with E-state index in [9.17, 15) is 4.39 Å². The van der Waals surface area contributed by atoms with Crippen LogP contribution in [0.1, 0.15) is 31.2 Å². The molecule has 6 heteroatoms. The van der Waals surface area contributed by atoms with Crippen molar-refractivity contribution in [1.82, 2.24) is 9.55 Å². The second kappa shape index (κ2) is 9.59. The normalized spacial score (nSPS) is 14.6. The summed E-state index contributed by atoms with van der Waals surface area (Å²) in [7, 11) is 0.432. The third-order valence-electron chi connectivity index (χ3n) is 6.06. The second-order valence-corrected chi connectivity index (χ2v) is 15.3. The molecule has 1 aliphatic carbocycles. The summed E-state index contributed by atoms with van der Waals surface area (Å²) >= 11 is 0. The fourth-order valence-electron chi connectivity index (χ4n) is 4.37. The number of aromatic nitrogens is 2. The molecule has 0 saturated heterocycles. The lowest BCUT2D eigenvalue weighted by molar-refractivity contribution is 0.0908. The zero-order valence-electron chi connectivity index (χ0n) is 19.6. The summed E-state index contributed by atoms with van der Waals surface area (Å²) in [5.41, 5.74) is 4.96. The van der Waals surface area contributed by atoms with Crippen molar-refractivity contribution in [3.8, 4) is 17.0 Å². The molecule has 0 N–H and O–H groups in total. The van der Waals surface area contributed by atoms with Crippen LogP contribution in [-0.2, 0) is 11.5 Å². The molecule has 1 aromatic carbocycles. The van der Waals surface area contributed by atoms with Crippen LogP contribution in [0, 0.1) is 5.82 Å². The SMILES string of the molecule is COc1ccc(F)cc1-c1c(C2=CCCCC2)c2cccnc2n1COCC[Si](C)(C)C. The maximum absolute atomic E-state index is 14.4. The molecule has 170 valence electrons. The van der Waals surface area contributed by atoms with Crippen LogP contribution < -0.4 is 4.74 Å². The van der Waals surface area contributed by atoms with E-state index in [0.717, 1.165) is 53.2 Å². The first-order valence-corrected chi connectivity index (χ1v) is 15.2. The summed E-state index contributed by atoms with van der Waals surface area (Å²) in [5, 5.41) is 1.08. The first kappa shape index (κ1) is 22.7. The van der Waals surface area contributed by atoms with Crippen molar-refractivity contribution < 1.29 is 13.9 Å². The van der Waals surface area contributed by atoms with Crippen LogP contribution in [0.2, 0.25) is 25.7 Å². The number of hydrogen-bond donors (Lipinski definition) is 0. The lowest BCUT2D eigenvalue weighted by Crippen LogP contribution is -2.22. The number of halogens is 1. The topological polar surface area (TPSA) is 36.3 Å². The number of fused-ring (bicyclic) bond motifs is 1. The Morgan fingerprint density at radius 2 is 2.00 bits per heavy atom. The maximum atomic E-state index is 14.4. The number of hydrogen-bond acceptors (Lipinski definition) is 3. The van der Waals surface area contributed by atoms with E-state index in [4.69, 9.17) is 14.5 Å². The maximum Gasteiger partial charge on any atom is 0.142 e. The Labute approximate surface area is 191 Å². The highest BCUT2D eigenvalue weighted by Gasteiger charge is 2.25. The van der Waals surface area contributed by atoms with Crippen molar-refractivity contribution in [2.45, 2.75) is 58.1 Å². The van der Waals surface area contributed by atoms with Crippen LogP contribution in [0.5, 0.6) is 5.75 Å². The Balaban J connectivity index is 1.90. The molecular formula is C26H33FN2O2Si. The van der Waals surface area contributed by atoms with Crippen LogP contribution in [-0.4, -0.2) is 31.3 Å². The second-order valence-electron chi connectivity index (χ2n) is 9.69. The summed E-state index contributed by atoms with van der Waals surface area (Å²) in [4.78, 5) is 4.72. The summed E-state index contributed by atoms with van der Waals surface area (Å²) in [6.45, 7) is 8.12. The molecule has 2 aromatic heterocycles. The quantitative estimate of drug-likeness (QED) is 0.270. The minimum Gasteiger partial charge on any atom is -0.496 e. The molecule has 4 nitrogen and oxygen atoms in total. The lowest BCUT2D eigenvalue weighted by atomic mass is 9.90. The first-order valence-electron chi connectivity index (χ1n) is 11.5. The number of ether oxygens (including phenoxy) is 2. The fraction of sp³-hybridized carbons (Fsp3) is 0.423. The van der Waals surface area contributed by atoms with Crippen molar-refractivity contribution in [1.29, 1.82) is 0 Å².